The first kappa shape index (κ1) is 22.8. The largest absolute Gasteiger partial charge is 0.451 e. The predicted octanol–water partition coefficient (Wildman–Crippen LogP) is 0.102. The molecule has 0 radical (unpaired) electrons. The number of hydrogen-bond donors (Lipinski definition) is 2. The van der Waals surface area contributed by atoms with Crippen LogP contribution in [0.15, 0.2) is 29.2 Å². The molecule has 10 nitrogen and oxygen atoms in total. The summed E-state index contributed by atoms with van der Waals surface area (Å²) in [7, 11) is -3.62. The van der Waals surface area contributed by atoms with Gasteiger partial charge in [0, 0.05) is 25.7 Å². The molecule has 0 aromatic heterocycles. The Labute approximate surface area is 169 Å². The van der Waals surface area contributed by atoms with Crippen LogP contribution in [0.4, 0.5) is 5.69 Å². The van der Waals surface area contributed by atoms with Crippen molar-refractivity contribution in [1.29, 1.82) is 0 Å². The van der Waals surface area contributed by atoms with Gasteiger partial charge in [0.15, 0.2) is 6.10 Å². The first-order chi connectivity index (χ1) is 13.6. The number of sulfonamides is 1. The van der Waals surface area contributed by atoms with Gasteiger partial charge in [0.1, 0.15) is 6.04 Å². The highest BCUT2D eigenvalue weighted by Gasteiger charge is 2.26. The monoisotopic (exact) mass is 427 g/mol. The number of carbonyl (C=O) groups is 3. The molecule has 1 fully saturated rings. The van der Waals surface area contributed by atoms with Crippen molar-refractivity contribution in [2.24, 2.45) is 0 Å². The van der Waals surface area contributed by atoms with Crippen molar-refractivity contribution in [1.82, 2.24) is 9.62 Å². The van der Waals surface area contributed by atoms with Gasteiger partial charge in [0.25, 0.3) is 5.91 Å². The van der Waals surface area contributed by atoms with E-state index in [-0.39, 0.29) is 4.90 Å². The van der Waals surface area contributed by atoms with E-state index in [2.05, 4.69) is 10.6 Å². The number of esters is 1. The number of nitrogens with zero attached hydrogens (tertiary/aromatic N) is 1. The smallest absolute Gasteiger partial charge is 0.329 e. The Morgan fingerprint density at radius 1 is 1.10 bits per heavy atom. The van der Waals surface area contributed by atoms with Gasteiger partial charge in [-0.1, -0.05) is 0 Å². The standard InChI is InChI=1S/C18H25N3O7S/c1-12(19-14(3)22)18(24)28-13(2)17(23)20-15-4-6-16(7-5-15)29(25,26)21-8-10-27-11-9-21/h4-7,12-13H,8-11H2,1-3H3,(H,19,22)(H,20,23)/t12-,13+/m1/s1. The van der Waals surface area contributed by atoms with E-state index in [1.165, 1.54) is 49.3 Å². The van der Waals surface area contributed by atoms with Crippen LogP contribution >= 0.6 is 0 Å². The third-order valence-corrected chi connectivity index (χ3v) is 6.08. The molecule has 0 aliphatic carbocycles. The van der Waals surface area contributed by atoms with Crippen LogP contribution in [0.5, 0.6) is 0 Å². The molecule has 2 N–H and O–H groups in total. The lowest BCUT2D eigenvalue weighted by Crippen LogP contribution is -2.41. The first-order valence-electron chi connectivity index (χ1n) is 9.07. The SMILES string of the molecule is CC(=O)N[C@H](C)C(=O)O[C@@H](C)C(=O)Nc1ccc(S(=O)(=O)N2CCOCC2)cc1. The number of morpholine rings is 1. The van der Waals surface area contributed by atoms with Gasteiger partial charge >= 0.3 is 5.97 Å². The fraction of sp³-hybridized carbons (Fsp3) is 0.500. The Balaban J connectivity index is 1.95. The molecular formula is C18H25N3O7S. The van der Waals surface area contributed by atoms with Crippen LogP contribution in [-0.4, -0.2) is 69.0 Å². The zero-order valence-corrected chi connectivity index (χ0v) is 17.3. The van der Waals surface area contributed by atoms with Crippen LogP contribution in [0.1, 0.15) is 20.8 Å². The summed E-state index contributed by atoms with van der Waals surface area (Å²) in [4.78, 5) is 35.1. The topological polar surface area (TPSA) is 131 Å². The lowest BCUT2D eigenvalue weighted by atomic mass is 10.3. The summed E-state index contributed by atoms with van der Waals surface area (Å²) in [6, 6.07) is 4.83. The molecule has 1 heterocycles. The molecule has 0 unspecified atom stereocenters. The molecule has 160 valence electrons. The lowest BCUT2D eigenvalue weighted by molar-refractivity contribution is -0.155. The molecule has 1 aliphatic rings. The summed E-state index contributed by atoms with van der Waals surface area (Å²) in [6.45, 7) is 5.39. The second kappa shape index (κ2) is 9.81. The van der Waals surface area contributed by atoms with E-state index in [1.54, 1.807) is 0 Å². The number of benzene rings is 1. The first-order valence-corrected chi connectivity index (χ1v) is 10.5. The summed E-state index contributed by atoms with van der Waals surface area (Å²) < 4.78 is 36.7. The molecule has 1 aliphatic heterocycles. The van der Waals surface area contributed by atoms with Crippen LogP contribution in [0, 0.1) is 0 Å². The van der Waals surface area contributed by atoms with Crippen LogP contribution < -0.4 is 10.6 Å². The van der Waals surface area contributed by atoms with Gasteiger partial charge in [-0.3, -0.25) is 9.59 Å². The number of anilines is 1. The number of hydrogen-bond acceptors (Lipinski definition) is 7. The van der Waals surface area contributed by atoms with Crippen molar-refractivity contribution in [2.45, 2.75) is 37.8 Å². The highest BCUT2D eigenvalue weighted by Crippen LogP contribution is 2.19. The number of ether oxygens (including phenoxy) is 2. The van der Waals surface area contributed by atoms with Crippen LogP contribution in [-0.2, 0) is 33.9 Å². The molecule has 0 saturated carbocycles. The molecule has 29 heavy (non-hydrogen) atoms. The Morgan fingerprint density at radius 3 is 2.24 bits per heavy atom. The molecule has 11 heteroatoms. The second-order valence-electron chi connectivity index (χ2n) is 6.53. The van der Waals surface area contributed by atoms with Gasteiger partial charge in [-0.2, -0.15) is 4.31 Å². The summed E-state index contributed by atoms with van der Waals surface area (Å²) >= 11 is 0. The fourth-order valence-electron chi connectivity index (χ4n) is 2.58. The summed E-state index contributed by atoms with van der Waals surface area (Å²) in [5.41, 5.74) is 0.355. The maximum Gasteiger partial charge on any atom is 0.329 e. The summed E-state index contributed by atoms with van der Waals surface area (Å²) in [5, 5.41) is 4.92. The Bertz CT molecular complexity index is 849. The third-order valence-electron chi connectivity index (χ3n) is 4.17. The van der Waals surface area contributed by atoms with E-state index in [4.69, 9.17) is 9.47 Å². The Morgan fingerprint density at radius 2 is 1.69 bits per heavy atom. The number of carbonyl (C=O) groups excluding carboxylic acids is 3. The molecular weight excluding hydrogens is 402 g/mol. The van der Waals surface area contributed by atoms with Gasteiger partial charge < -0.3 is 20.1 Å². The molecule has 0 spiro atoms. The zero-order chi connectivity index (χ0) is 21.6. The maximum atomic E-state index is 12.6. The van der Waals surface area contributed by atoms with Crippen LogP contribution in [0.3, 0.4) is 0 Å². The molecule has 1 saturated heterocycles. The van der Waals surface area contributed by atoms with Crippen LogP contribution in [0.25, 0.3) is 0 Å². The van der Waals surface area contributed by atoms with E-state index in [0.717, 1.165) is 0 Å². The maximum absolute atomic E-state index is 12.6. The molecule has 2 atom stereocenters. The highest BCUT2D eigenvalue weighted by atomic mass is 32.2. The molecule has 2 rings (SSSR count). The number of rotatable bonds is 7. The molecule has 1 aromatic rings. The molecule has 2 amide bonds. The Kier molecular flexibility index (Phi) is 7.71. The van der Waals surface area contributed by atoms with Gasteiger partial charge in [-0.25, -0.2) is 13.2 Å². The minimum atomic E-state index is -3.62. The van der Waals surface area contributed by atoms with E-state index < -0.39 is 40.0 Å². The number of nitrogens with one attached hydrogen (secondary N) is 2. The molecule has 1 aromatic carbocycles. The van der Waals surface area contributed by atoms with Gasteiger partial charge in [0.05, 0.1) is 18.1 Å². The minimum Gasteiger partial charge on any atom is -0.451 e. The van der Waals surface area contributed by atoms with Gasteiger partial charge in [-0.05, 0) is 38.1 Å². The zero-order valence-electron chi connectivity index (χ0n) is 16.5. The van der Waals surface area contributed by atoms with Crippen molar-refractivity contribution >= 4 is 33.5 Å². The van der Waals surface area contributed by atoms with E-state index in [1.807, 2.05) is 0 Å². The van der Waals surface area contributed by atoms with Gasteiger partial charge in [0.2, 0.25) is 15.9 Å². The van der Waals surface area contributed by atoms with Crippen molar-refractivity contribution < 1.29 is 32.3 Å². The van der Waals surface area contributed by atoms with Crippen molar-refractivity contribution in [3.05, 3.63) is 24.3 Å². The van der Waals surface area contributed by atoms with Gasteiger partial charge in [-0.15, -0.1) is 0 Å². The van der Waals surface area contributed by atoms with Crippen molar-refractivity contribution in [3.8, 4) is 0 Å². The predicted molar refractivity (Wildman–Crippen MR) is 103 cm³/mol. The molecule has 0 bridgehead atoms. The lowest BCUT2D eigenvalue weighted by Gasteiger charge is -2.26. The quantitative estimate of drug-likeness (QED) is 0.590. The van der Waals surface area contributed by atoms with Crippen molar-refractivity contribution in [3.63, 3.8) is 0 Å². The van der Waals surface area contributed by atoms with Crippen LogP contribution in [0.2, 0.25) is 0 Å². The normalized spacial score (nSPS) is 17.1. The minimum absolute atomic E-state index is 0.112. The average Bonchev–Trinajstić information content (AvgIpc) is 2.68. The summed E-state index contributed by atoms with van der Waals surface area (Å²) in [5.74, 6) is -1.72. The fourth-order valence-corrected chi connectivity index (χ4v) is 3.99. The van der Waals surface area contributed by atoms with E-state index in [0.29, 0.717) is 32.0 Å². The average molecular weight is 427 g/mol. The second-order valence-corrected chi connectivity index (χ2v) is 8.47. The van der Waals surface area contributed by atoms with E-state index >= 15 is 0 Å². The van der Waals surface area contributed by atoms with Crippen molar-refractivity contribution in [2.75, 3.05) is 31.6 Å². The Hall–Kier alpha value is -2.50. The summed E-state index contributed by atoms with van der Waals surface area (Å²) in [6.07, 6.45) is -1.10. The van der Waals surface area contributed by atoms with E-state index in [9.17, 15) is 22.8 Å². The highest BCUT2D eigenvalue weighted by molar-refractivity contribution is 7.89. The third kappa shape index (κ3) is 6.24. The number of amides is 2.